The first-order valence-electron chi connectivity index (χ1n) is 5.84. The first-order chi connectivity index (χ1) is 9.70. The molecule has 0 atom stereocenters. The molecule has 1 aromatic rings. The molecule has 0 radical (unpaired) electrons. The normalized spacial score (nSPS) is 14.5. The quantitative estimate of drug-likeness (QED) is 0.524. The molecule has 0 saturated carbocycles. The number of hydrogen-bond donors (Lipinski definition) is 4. The molecule has 0 bridgehead atoms. The number of ketones is 2. The molecule has 2 amide bonds. The highest BCUT2D eigenvalue weighted by Gasteiger charge is 2.34. The molecule has 1 aliphatic carbocycles. The molecule has 8 nitrogen and oxygen atoms in total. The second-order valence-corrected chi connectivity index (χ2v) is 4.47. The van der Waals surface area contributed by atoms with Gasteiger partial charge in [-0.3, -0.25) is 14.5 Å². The average Bonchev–Trinajstić information content (AvgIpc) is 2.39. The first kappa shape index (κ1) is 14.9. The molecule has 0 fully saturated rings. The Hall–Kier alpha value is -2.55. The number of nitrogens with two attached hydrogens (primary N) is 1. The van der Waals surface area contributed by atoms with Crippen LogP contribution in [0.15, 0.2) is 36.0 Å². The Balaban J connectivity index is 2.46. The van der Waals surface area contributed by atoms with Gasteiger partial charge in [-0.15, -0.1) is 0 Å². The summed E-state index contributed by atoms with van der Waals surface area (Å²) < 4.78 is 0. The monoisotopic (exact) mass is 292 g/mol. The van der Waals surface area contributed by atoms with E-state index in [0.29, 0.717) is 4.90 Å². The van der Waals surface area contributed by atoms with Crippen molar-refractivity contribution in [1.29, 1.82) is 0 Å². The summed E-state index contributed by atoms with van der Waals surface area (Å²) in [6.07, 6.45) is 0.862. The maximum atomic E-state index is 12.3. The number of benzene rings is 1. The number of aliphatic hydroxyl groups is 3. The van der Waals surface area contributed by atoms with E-state index in [1.54, 1.807) is 6.07 Å². The molecule has 5 N–H and O–H groups in total. The predicted octanol–water partition coefficient (Wildman–Crippen LogP) is -1.04. The largest absolute Gasteiger partial charge is 0.351 e. The van der Waals surface area contributed by atoms with Crippen molar-refractivity contribution in [1.82, 2.24) is 4.90 Å². The highest BCUT2D eigenvalue weighted by Crippen LogP contribution is 2.24. The Morgan fingerprint density at radius 1 is 1.14 bits per heavy atom. The number of urea groups is 1. The Labute approximate surface area is 118 Å². The highest BCUT2D eigenvalue weighted by molar-refractivity contribution is 6.25. The summed E-state index contributed by atoms with van der Waals surface area (Å²) in [5.74, 6) is -4.48. The minimum absolute atomic E-state index is 0.0608. The van der Waals surface area contributed by atoms with Gasteiger partial charge in [-0.1, -0.05) is 24.3 Å². The Morgan fingerprint density at radius 3 is 2.24 bits per heavy atom. The lowest BCUT2D eigenvalue weighted by atomic mass is 9.92. The predicted molar refractivity (Wildman–Crippen MR) is 68.9 cm³/mol. The molecule has 8 heteroatoms. The summed E-state index contributed by atoms with van der Waals surface area (Å²) in [6.45, 7) is -1.07. The van der Waals surface area contributed by atoms with Crippen LogP contribution >= 0.6 is 0 Å². The maximum absolute atomic E-state index is 12.3. The van der Waals surface area contributed by atoms with Crippen molar-refractivity contribution in [2.24, 2.45) is 5.73 Å². The number of allylic oxidation sites excluding steroid dienone is 2. The lowest BCUT2D eigenvalue weighted by Crippen LogP contribution is -2.49. The van der Waals surface area contributed by atoms with Gasteiger partial charge in [0.1, 0.15) is 6.54 Å². The fourth-order valence-electron chi connectivity index (χ4n) is 2.00. The van der Waals surface area contributed by atoms with Crippen LogP contribution in [0.2, 0.25) is 0 Å². The van der Waals surface area contributed by atoms with E-state index >= 15 is 0 Å². The van der Waals surface area contributed by atoms with Crippen LogP contribution < -0.4 is 5.73 Å². The summed E-state index contributed by atoms with van der Waals surface area (Å²) in [5.41, 5.74) is 4.84. The van der Waals surface area contributed by atoms with Gasteiger partial charge in [-0.2, -0.15) is 0 Å². The van der Waals surface area contributed by atoms with Crippen molar-refractivity contribution in [2.45, 2.75) is 5.97 Å². The van der Waals surface area contributed by atoms with E-state index in [-0.39, 0.29) is 11.1 Å². The summed E-state index contributed by atoms with van der Waals surface area (Å²) in [5, 5.41) is 26.9. The zero-order valence-corrected chi connectivity index (χ0v) is 10.7. The van der Waals surface area contributed by atoms with Crippen molar-refractivity contribution in [3.8, 4) is 0 Å². The Morgan fingerprint density at radius 2 is 1.71 bits per heavy atom. The van der Waals surface area contributed by atoms with E-state index in [1.165, 1.54) is 18.2 Å². The molecule has 0 aromatic heterocycles. The van der Waals surface area contributed by atoms with E-state index in [1.807, 2.05) is 0 Å². The molecule has 21 heavy (non-hydrogen) atoms. The van der Waals surface area contributed by atoms with E-state index in [0.717, 1.165) is 6.08 Å². The summed E-state index contributed by atoms with van der Waals surface area (Å²) in [6, 6.07) is 4.74. The van der Waals surface area contributed by atoms with Gasteiger partial charge in [0.2, 0.25) is 5.78 Å². The summed E-state index contributed by atoms with van der Waals surface area (Å²) >= 11 is 0. The molecule has 0 aliphatic heterocycles. The molecule has 0 heterocycles. The van der Waals surface area contributed by atoms with E-state index in [9.17, 15) is 14.4 Å². The number of carbonyl (C=O) groups excluding carboxylic acids is 3. The van der Waals surface area contributed by atoms with Crippen molar-refractivity contribution in [3.63, 3.8) is 0 Å². The third-order valence-electron chi connectivity index (χ3n) is 2.86. The average molecular weight is 292 g/mol. The molecule has 1 aromatic carbocycles. The van der Waals surface area contributed by atoms with Crippen molar-refractivity contribution in [3.05, 3.63) is 47.2 Å². The Bertz CT molecular complexity index is 659. The molecular weight excluding hydrogens is 280 g/mol. The van der Waals surface area contributed by atoms with Gasteiger partial charge in [-0.05, 0) is 0 Å². The van der Waals surface area contributed by atoms with Crippen LogP contribution in [0.5, 0.6) is 0 Å². The van der Waals surface area contributed by atoms with Gasteiger partial charge in [0, 0.05) is 17.2 Å². The number of amides is 2. The number of fused-ring (bicyclic) bond motifs is 1. The lowest BCUT2D eigenvalue weighted by molar-refractivity contribution is -0.312. The Kier molecular flexibility index (Phi) is 3.60. The minimum Gasteiger partial charge on any atom is -0.351 e. The molecule has 110 valence electrons. The number of carbonyl (C=O) groups is 3. The molecule has 1 aliphatic rings. The number of rotatable bonds is 3. The van der Waals surface area contributed by atoms with Gasteiger partial charge < -0.3 is 21.1 Å². The molecule has 0 unspecified atom stereocenters. The number of Topliss-reactive ketones (excluding diaryl/α,β-unsaturated/α-hetero) is 1. The van der Waals surface area contributed by atoms with Crippen LogP contribution in [0.4, 0.5) is 4.79 Å². The second kappa shape index (κ2) is 5.09. The summed E-state index contributed by atoms with van der Waals surface area (Å²) in [7, 11) is 0. The molecular formula is C13H12N2O6. The second-order valence-electron chi connectivity index (χ2n) is 4.47. The van der Waals surface area contributed by atoms with Crippen molar-refractivity contribution >= 4 is 17.6 Å². The topological polar surface area (TPSA) is 141 Å². The molecule has 0 spiro atoms. The number of hydrogen-bond acceptors (Lipinski definition) is 6. The third-order valence-corrected chi connectivity index (χ3v) is 2.86. The molecule has 0 saturated heterocycles. The van der Waals surface area contributed by atoms with Gasteiger partial charge in [-0.25, -0.2) is 4.79 Å². The van der Waals surface area contributed by atoms with Gasteiger partial charge >= 0.3 is 6.03 Å². The van der Waals surface area contributed by atoms with Gasteiger partial charge in [0.15, 0.2) is 5.78 Å². The zero-order valence-electron chi connectivity index (χ0n) is 10.7. The van der Waals surface area contributed by atoms with Crippen LogP contribution in [0.25, 0.3) is 0 Å². The van der Waals surface area contributed by atoms with Crippen LogP contribution in [0.1, 0.15) is 20.7 Å². The van der Waals surface area contributed by atoms with Crippen LogP contribution in [0.3, 0.4) is 0 Å². The van der Waals surface area contributed by atoms with E-state index in [4.69, 9.17) is 21.1 Å². The lowest BCUT2D eigenvalue weighted by Gasteiger charge is -2.28. The van der Waals surface area contributed by atoms with Crippen LogP contribution in [-0.4, -0.2) is 50.3 Å². The van der Waals surface area contributed by atoms with Gasteiger partial charge in [0.05, 0.1) is 5.70 Å². The van der Waals surface area contributed by atoms with E-state index in [2.05, 4.69) is 0 Å². The zero-order chi connectivity index (χ0) is 15.8. The fraction of sp³-hybridized carbons (Fsp3) is 0.154. The smallest absolute Gasteiger partial charge is 0.319 e. The van der Waals surface area contributed by atoms with Crippen molar-refractivity contribution < 1.29 is 29.7 Å². The number of primary amides is 1. The summed E-state index contributed by atoms with van der Waals surface area (Å²) in [4.78, 5) is 36.0. The van der Waals surface area contributed by atoms with Crippen LogP contribution in [-0.2, 0) is 0 Å². The number of nitrogens with zero attached hydrogens (tertiary/aromatic N) is 1. The highest BCUT2D eigenvalue weighted by atomic mass is 16.7. The third kappa shape index (κ3) is 2.97. The van der Waals surface area contributed by atoms with Gasteiger partial charge in [0.25, 0.3) is 5.97 Å². The standard InChI is InChI=1S/C13H12N2O6/c14-12(18)15(6-13(19,20)21)9-5-10(16)7-3-1-2-4-8(7)11(9)17/h1-5,19-21H,6H2,(H2,14,18). The van der Waals surface area contributed by atoms with E-state index < -0.39 is 35.8 Å². The van der Waals surface area contributed by atoms with Crippen molar-refractivity contribution in [2.75, 3.05) is 6.54 Å². The SMILES string of the molecule is NC(=O)N(CC(O)(O)O)C1=CC(=O)c2ccccc2C1=O. The first-order valence-corrected chi connectivity index (χ1v) is 5.84. The fourth-order valence-corrected chi connectivity index (χ4v) is 2.00. The minimum atomic E-state index is -3.25. The maximum Gasteiger partial charge on any atom is 0.319 e. The molecule has 2 rings (SSSR count). The van der Waals surface area contributed by atoms with Crippen LogP contribution in [0, 0.1) is 0 Å².